The molecule has 3 aromatic carbocycles. The van der Waals surface area contributed by atoms with E-state index in [9.17, 15) is 18.8 Å². The highest BCUT2D eigenvalue weighted by atomic mass is 35.5. The van der Waals surface area contributed by atoms with Crippen molar-refractivity contribution >= 4 is 41.3 Å². The monoisotopic (exact) mass is 569 g/mol. The van der Waals surface area contributed by atoms with Gasteiger partial charge in [0.05, 0.1) is 16.7 Å². The highest BCUT2D eigenvalue weighted by molar-refractivity contribution is 7.86. The van der Waals surface area contributed by atoms with E-state index in [1.165, 1.54) is 17.2 Å². The van der Waals surface area contributed by atoms with E-state index in [1.807, 2.05) is 12.1 Å². The first-order chi connectivity index (χ1) is 17.0. The molecule has 1 aliphatic rings. The van der Waals surface area contributed by atoms with Crippen LogP contribution < -0.4 is 16.0 Å². The standard InChI is InChI=1S/C27H32FN3O3S.2ClH/c28-23-9-2-1-7-21(23)13-16-29-14-11-19-5-3-6-20(17-19)12-15-30-18-25(32)22-8-4-10-24-26(22)35(34)27(33)31-24;;/h1-10,17,25,27,29-33H,11-16,18H2;2*1H/t25-,27?,35?;;/m0../s1. The summed E-state index contributed by atoms with van der Waals surface area (Å²) >= 11 is 0. The van der Waals surface area contributed by atoms with Gasteiger partial charge in [0, 0.05) is 12.1 Å². The van der Waals surface area contributed by atoms with E-state index in [2.05, 4.69) is 40.2 Å². The van der Waals surface area contributed by atoms with Crippen molar-refractivity contribution in [3.05, 3.63) is 94.8 Å². The molecule has 1 heterocycles. The molecule has 0 radical (unpaired) electrons. The average Bonchev–Trinajstić information content (AvgIpc) is 3.16. The summed E-state index contributed by atoms with van der Waals surface area (Å²) in [6, 6.07) is 20.6. The van der Waals surface area contributed by atoms with E-state index in [4.69, 9.17) is 0 Å². The normalized spacial score (nSPS) is 16.7. The summed E-state index contributed by atoms with van der Waals surface area (Å²) in [6.45, 7) is 2.59. The highest BCUT2D eigenvalue weighted by Crippen LogP contribution is 2.34. The van der Waals surface area contributed by atoms with Crippen LogP contribution in [-0.4, -0.2) is 46.2 Å². The first-order valence-electron chi connectivity index (χ1n) is 11.9. The Hall–Kier alpha value is -2.04. The number of aliphatic hydroxyl groups is 2. The number of nitrogens with one attached hydrogen (secondary N) is 3. The van der Waals surface area contributed by atoms with Crippen molar-refractivity contribution in [2.45, 2.75) is 35.8 Å². The quantitative estimate of drug-likeness (QED) is 0.213. The molecule has 202 valence electrons. The predicted molar refractivity (Wildman–Crippen MR) is 152 cm³/mol. The summed E-state index contributed by atoms with van der Waals surface area (Å²) in [7, 11) is -1.60. The second kappa shape index (κ2) is 15.4. The maximum absolute atomic E-state index is 13.7. The van der Waals surface area contributed by atoms with Gasteiger partial charge in [-0.3, -0.25) is 0 Å². The molecule has 6 nitrogen and oxygen atoms in total. The van der Waals surface area contributed by atoms with Crippen molar-refractivity contribution in [3.63, 3.8) is 0 Å². The molecule has 0 amide bonds. The van der Waals surface area contributed by atoms with Crippen molar-refractivity contribution in [1.29, 1.82) is 0 Å². The Morgan fingerprint density at radius 1 is 0.892 bits per heavy atom. The average molecular weight is 571 g/mol. The topological polar surface area (TPSA) is 93.6 Å². The molecular weight excluding hydrogens is 536 g/mol. The van der Waals surface area contributed by atoms with E-state index in [0.29, 0.717) is 35.7 Å². The number of rotatable bonds is 12. The van der Waals surface area contributed by atoms with Gasteiger partial charge in [0.2, 0.25) is 5.56 Å². The van der Waals surface area contributed by atoms with Gasteiger partial charge in [-0.25, -0.2) is 8.60 Å². The van der Waals surface area contributed by atoms with Crippen molar-refractivity contribution in [2.75, 3.05) is 31.5 Å². The molecule has 0 fully saturated rings. The summed E-state index contributed by atoms with van der Waals surface area (Å²) in [5.41, 5.74) is 3.23. The van der Waals surface area contributed by atoms with Crippen molar-refractivity contribution < 1.29 is 18.8 Å². The van der Waals surface area contributed by atoms with Crippen LogP contribution in [0.15, 0.2) is 71.6 Å². The van der Waals surface area contributed by atoms with Gasteiger partial charge in [-0.05, 0) is 67.7 Å². The molecule has 0 bridgehead atoms. The Morgan fingerprint density at radius 2 is 1.54 bits per heavy atom. The number of anilines is 1. The molecule has 0 saturated carbocycles. The fourth-order valence-corrected chi connectivity index (χ4v) is 5.50. The summed E-state index contributed by atoms with van der Waals surface area (Å²) in [6.07, 6.45) is 1.57. The minimum Gasteiger partial charge on any atom is -0.387 e. The van der Waals surface area contributed by atoms with Gasteiger partial charge >= 0.3 is 0 Å². The second-order valence-electron chi connectivity index (χ2n) is 8.65. The Bertz CT molecular complexity index is 1170. The van der Waals surface area contributed by atoms with Gasteiger partial charge in [0.1, 0.15) is 16.6 Å². The van der Waals surface area contributed by atoms with Crippen LogP contribution in [0.1, 0.15) is 28.4 Å². The van der Waals surface area contributed by atoms with Crippen molar-refractivity contribution in [1.82, 2.24) is 10.6 Å². The van der Waals surface area contributed by atoms with Gasteiger partial charge in [-0.2, -0.15) is 0 Å². The zero-order chi connectivity index (χ0) is 24.6. The number of hydrogen-bond donors (Lipinski definition) is 5. The van der Waals surface area contributed by atoms with Gasteiger partial charge in [0.25, 0.3) is 0 Å². The van der Waals surface area contributed by atoms with E-state index >= 15 is 0 Å². The fraction of sp³-hybridized carbons (Fsp3) is 0.333. The van der Waals surface area contributed by atoms with Crippen molar-refractivity contribution in [3.8, 4) is 0 Å². The molecule has 37 heavy (non-hydrogen) atoms. The molecule has 0 aliphatic carbocycles. The zero-order valence-electron chi connectivity index (χ0n) is 20.4. The van der Waals surface area contributed by atoms with Crippen LogP contribution in [-0.2, 0) is 30.1 Å². The Morgan fingerprint density at radius 3 is 2.27 bits per heavy atom. The van der Waals surface area contributed by atoms with E-state index in [1.54, 1.807) is 24.3 Å². The zero-order valence-corrected chi connectivity index (χ0v) is 22.8. The van der Waals surface area contributed by atoms with Crippen LogP contribution in [0.2, 0.25) is 0 Å². The maximum atomic E-state index is 13.7. The molecule has 0 saturated heterocycles. The molecule has 4 rings (SSSR count). The second-order valence-corrected chi connectivity index (χ2v) is 10.1. The Labute approximate surface area is 232 Å². The predicted octanol–water partition coefficient (Wildman–Crippen LogP) is 3.72. The number of hydrogen-bond acceptors (Lipinski definition) is 6. The van der Waals surface area contributed by atoms with Crippen LogP contribution in [0.5, 0.6) is 0 Å². The van der Waals surface area contributed by atoms with Crippen LogP contribution >= 0.6 is 24.8 Å². The molecule has 0 aromatic heterocycles. The van der Waals surface area contributed by atoms with Crippen LogP contribution in [0.3, 0.4) is 0 Å². The largest absolute Gasteiger partial charge is 0.387 e. The summed E-state index contributed by atoms with van der Waals surface area (Å²) < 4.78 is 26.0. The summed E-state index contributed by atoms with van der Waals surface area (Å²) in [4.78, 5) is 0.476. The van der Waals surface area contributed by atoms with E-state index in [0.717, 1.165) is 31.5 Å². The number of fused-ring (bicyclic) bond motifs is 1. The maximum Gasteiger partial charge on any atom is 0.207 e. The van der Waals surface area contributed by atoms with E-state index in [-0.39, 0.29) is 30.6 Å². The summed E-state index contributed by atoms with van der Waals surface area (Å²) in [5, 5.41) is 29.9. The van der Waals surface area contributed by atoms with Gasteiger partial charge in [-0.15, -0.1) is 24.8 Å². The molecule has 3 aromatic rings. The molecule has 0 spiro atoms. The molecule has 1 aliphatic heterocycles. The fourth-order valence-electron chi connectivity index (χ4n) is 4.26. The molecule has 10 heteroatoms. The third-order valence-electron chi connectivity index (χ3n) is 6.13. The summed E-state index contributed by atoms with van der Waals surface area (Å²) in [5.74, 6) is -0.151. The van der Waals surface area contributed by atoms with Crippen LogP contribution in [0.4, 0.5) is 10.1 Å². The Balaban J connectivity index is 0.00000241. The van der Waals surface area contributed by atoms with Crippen molar-refractivity contribution in [2.24, 2.45) is 0 Å². The van der Waals surface area contributed by atoms with Crippen LogP contribution in [0, 0.1) is 5.82 Å². The smallest absolute Gasteiger partial charge is 0.207 e. The number of halogens is 3. The highest BCUT2D eigenvalue weighted by Gasteiger charge is 2.31. The lowest BCUT2D eigenvalue weighted by Gasteiger charge is -2.15. The van der Waals surface area contributed by atoms with E-state index < -0.39 is 22.5 Å². The van der Waals surface area contributed by atoms with Gasteiger partial charge < -0.3 is 26.2 Å². The SMILES string of the molecule is Cl.Cl.O=S1c2c(cccc2[C@@H](O)CNCCc2cccc(CCNCCc3ccccc3F)c2)NC1O. The minimum absolute atomic E-state index is 0. The number of benzene rings is 3. The van der Waals surface area contributed by atoms with Gasteiger partial charge in [-0.1, -0.05) is 54.6 Å². The molecule has 3 atom stereocenters. The third-order valence-corrected chi connectivity index (χ3v) is 7.51. The first-order valence-corrected chi connectivity index (χ1v) is 13.1. The molecule has 5 N–H and O–H groups in total. The minimum atomic E-state index is -1.60. The molecular formula is C27H34Cl2FN3O3S. The third kappa shape index (κ3) is 8.48. The lowest BCUT2D eigenvalue weighted by Crippen LogP contribution is -2.24. The molecule has 2 unspecified atom stereocenters. The lowest BCUT2D eigenvalue weighted by molar-refractivity contribution is 0.172. The first kappa shape index (κ1) is 31.2. The van der Waals surface area contributed by atoms with Crippen LogP contribution in [0.25, 0.3) is 0 Å². The Kier molecular flexibility index (Phi) is 13.0. The number of aliphatic hydroxyl groups excluding tert-OH is 2. The lowest BCUT2D eigenvalue weighted by atomic mass is 10.1. The van der Waals surface area contributed by atoms with Gasteiger partial charge in [0.15, 0.2) is 0 Å².